The molecule has 0 saturated carbocycles. The molecule has 12 heavy (non-hydrogen) atoms. The Morgan fingerprint density at radius 1 is 1.75 bits per heavy atom. The fraction of sp³-hybridized carbons (Fsp3) is 0.500. The van der Waals surface area contributed by atoms with Gasteiger partial charge in [-0.2, -0.15) is 0 Å². The van der Waals surface area contributed by atoms with E-state index in [4.69, 9.17) is 0 Å². The molecule has 66 valence electrons. The summed E-state index contributed by atoms with van der Waals surface area (Å²) in [5.74, 6) is 0.867. The molecule has 1 aromatic heterocycles. The maximum absolute atomic E-state index is 10.7. The van der Waals surface area contributed by atoms with Crippen molar-refractivity contribution in [2.24, 2.45) is 0 Å². The van der Waals surface area contributed by atoms with Gasteiger partial charge in [0.2, 0.25) is 5.91 Å². The van der Waals surface area contributed by atoms with Crippen molar-refractivity contribution >= 4 is 5.91 Å². The molecule has 1 aromatic rings. The summed E-state index contributed by atoms with van der Waals surface area (Å²) >= 11 is 0. The van der Waals surface area contributed by atoms with E-state index in [2.05, 4.69) is 10.3 Å². The second-order valence-electron chi connectivity index (χ2n) is 2.76. The molecule has 0 aromatic carbocycles. The number of amides is 1. The van der Waals surface area contributed by atoms with Crippen molar-refractivity contribution in [3.63, 3.8) is 0 Å². The number of carbonyl (C=O) groups is 1. The van der Waals surface area contributed by atoms with Gasteiger partial charge in [0.25, 0.3) is 0 Å². The average Bonchev–Trinajstić information content (AvgIpc) is 2.33. The lowest BCUT2D eigenvalue weighted by atomic mass is 10.5. The topological polar surface area (TPSA) is 46.9 Å². The van der Waals surface area contributed by atoms with Gasteiger partial charge < -0.3 is 9.88 Å². The lowest BCUT2D eigenvalue weighted by Gasteiger charge is -2.15. The Morgan fingerprint density at radius 2 is 2.42 bits per heavy atom. The first-order valence-electron chi connectivity index (χ1n) is 3.88. The molecule has 1 unspecified atom stereocenters. The van der Waals surface area contributed by atoms with Crippen molar-refractivity contribution in [3.05, 3.63) is 18.2 Å². The maximum Gasteiger partial charge on any atom is 0.218 e. The average molecular weight is 167 g/mol. The highest BCUT2D eigenvalue weighted by molar-refractivity contribution is 5.72. The first-order valence-corrected chi connectivity index (χ1v) is 3.88. The van der Waals surface area contributed by atoms with Gasteiger partial charge in [-0.1, -0.05) is 0 Å². The third-order valence-corrected chi connectivity index (χ3v) is 1.69. The quantitative estimate of drug-likeness (QED) is 0.709. The van der Waals surface area contributed by atoms with Gasteiger partial charge in [0, 0.05) is 19.3 Å². The molecule has 4 heteroatoms. The minimum absolute atomic E-state index is 0.0231. The summed E-state index contributed by atoms with van der Waals surface area (Å²) in [5, 5.41) is 2.77. The van der Waals surface area contributed by atoms with E-state index < -0.39 is 0 Å². The molecule has 1 amide bonds. The molecule has 1 rings (SSSR count). The monoisotopic (exact) mass is 167 g/mol. The van der Waals surface area contributed by atoms with Gasteiger partial charge in [-0.05, 0) is 13.8 Å². The number of nitrogens with one attached hydrogen (secondary N) is 1. The molecule has 1 heterocycles. The molecule has 1 atom stereocenters. The van der Waals surface area contributed by atoms with Crippen LogP contribution in [-0.4, -0.2) is 15.5 Å². The third-order valence-electron chi connectivity index (χ3n) is 1.69. The van der Waals surface area contributed by atoms with Gasteiger partial charge in [0.15, 0.2) is 0 Å². The highest BCUT2D eigenvalue weighted by atomic mass is 16.1. The molecule has 0 fully saturated rings. The number of hydrogen-bond acceptors (Lipinski definition) is 2. The fourth-order valence-corrected chi connectivity index (χ4v) is 1.16. The van der Waals surface area contributed by atoms with Crippen LogP contribution in [0.5, 0.6) is 0 Å². The van der Waals surface area contributed by atoms with E-state index in [-0.39, 0.29) is 12.1 Å². The second kappa shape index (κ2) is 3.38. The molecule has 0 aliphatic carbocycles. The summed E-state index contributed by atoms with van der Waals surface area (Å²) in [6, 6.07) is 0. The van der Waals surface area contributed by atoms with Crippen LogP contribution in [0.4, 0.5) is 0 Å². The van der Waals surface area contributed by atoms with Crippen molar-refractivity contribution in [3.8, 4) is 0 Å². The van der Waals surface area contributed by atoms with Gasteiger partial charge >= 0.3 is 0 Å². The van der Waals surface area contributed by atoms with Crippen LogP contribution >= 0.6 is 0 Å². The Morgan fingerprint density at radius 3 is 2.83 bits per heavy atom. The maximum atomic E-state index is 10.7. The van der Waals surface area contributed by atoms with E-state index in [1.165, 1.54) is 6.92 Å². The molecule has 1 N–H and O–H groups in total. The number of imidazole rings is 1. The minimum atomic E-state index is -0.0319. The van der Waals surface area contributed by atoms with Crippen LogP contribution in [0.2, 0.25) is 0 Å². The Kier molecular flexibility index (Phi) is 2.47. The lowest BCUT2D eigenvalue weighted by molar-refractivity contribution is -0.120. The van der Waals surface area contributed by atoms with Gasteiger partial charge in [-0.3, -0.25) is 4.79 Å². The van der Waals surface area contributed by atoms with Gasteiger partial charge in [0.1, 0.15) is 12.0 Å². The second-order valence-corrected chi connectivity index (χ2v) is 2.76. The van der Waals surface area contributed by atoms with Crippen molar-refractivity contribution < 1.29 is 4.79 Å². The van der Waals surface area contributed by atoms with Crippen LogP contribution in [0.1, 0.15) is 25.8 Å². The zero-order valence-corrected chi connectivity index (χ0v) is 7.53. The molecule has 0 saturated heterocycles. The summed E-state index contributed by atoms with van der Waals surface area (Å²) in [5.41, 5.74) is 0. The summed E-state index contributed by atoms with van der Waals surface area (Å²) in [4.78, 5) is 14.8. The molecule has 0 radical (unpaired) electrons. The summed E-state index contributed by atoms with van der Waals surface area (Å²) in [6.07, 6.45) is 3.54. The Bertz CT molecular complexity index is 280. The number of nitrogens with zero attached hydrogens (tertiary/aromatic N) is 2. The molecule has 0 spiro atoms. The molecular formula is C8H13N3O. The van der Waals surface area contributed by atoms with Crippen LogP contribution in [0, 0.1) is 6.92 Å². The van der Waals surface area contributed by atoms with Gasteiger partial charge in [0.05, 0.1) is 0 Å². The number of rotatable bonds is 2. The van der Waals surface area contributed by atoms with E-state index in [9.17, 15) is 4.79 Å². The fourth-order valence-electron chi connectivity index (χ4n) is 1.16. The normalized spacial score (nSPS) is 12.6. The molecule has 0 aliphatic heterocycles. The van der Waals surface area contributed by atoms with Crippen molar-refractivity contribution in [1.82, 2.24) is 14.9 Å². The highest BCUT2D eigenvalue weighted by Crippen LogP contribution is 2.04. The van der Waals surface area contributed by atoms with Crippen molar-refractivity contribution in [1.29, 1.82) is 0 Å². The number of hydrogen-bond donors (Lipinski definition) is 1. The first-order chi connectivity index (χ1) is 5.61. The van der Waals surface area contributed by atoms with Crippen molar-refractivity contribution in [2.45, 2.75) is 26.9 Å². The summed E-state index contributed by atoms with van der Waals surface area (Å²) < 4.78 is 1.90. The molecule has 0 aliphatic rings. The first kappa shape index (κ1) is 8.77. The van der Waals surface area contributed by atoms with Crippen LogP contribution in [0.25, 0.3) is 0 Å². The minimum Gasteiger partial charge on any atom is -0.336 e. The predicted molar refractivity (Wildman–Crippen MR) is 45.5 cm³/mol. The van der Waals surface area contributed by atoms with Gasteiger partial charge in [-0.25, -0.2) is 4.98 Å². The highest BCUT2D eigenvalue weighted by Gasteiger charge is 2.06. The third kappa shape index (κ3) is 1.84. The van der Waals surface area contributed by atoms with Crippen molar-refractivity contribution in [2.75, 3.05) is 0 Å². The number of carbonyl (C=O) groups excluding carboxylic acids is 1. The lowest BCUT2D eigenvalue weighted by Crippen LogP contribution is -2.28. The van der Waals surface area contributed by atoms with E-state index in [1.807, 2.05) is 24.6 Å². The summed E-state index contributed by atoms with van der Waals surface area (Å²) in [7, 11) is 0. The van der Waals surface area contributed by atoms with E-state index in [0.717, 1.165) is 5.82 Å². The standard InChI is InChI=1S/C8H13N3O/c1-6-9-4-5-11(6)7(2)10-8(3)12/h4-5,7H,1-3H3,(H,10,12). The van der Waals surface area contributed by atoms with Crippen LogP contribution < -0.4 is 5.32 Å². The molecule has 4 nitrogen and oxygen atoms in total. The number of aromatic nitrogens is 2. The largest absolute Gasteiger partial charge is 0.336 e. The SMILES string of the molecule is CC(=O)NC(C)n1ccnc1C. The smallest absolute Gasteiger partial charge is 0.218 e. The Hall–Kier alpha value is -1.32. The zero-order chi connectivity index (χ0) is 9.14. The summed E-state index contributed by atoms with van der Waals surface area (Å²) in [6.45, 7) is 5.32. The van der Waals surface area contributed by atoms with E-state index in [0.29, 0.717) is 0 Å². The predicted octanol–water partition coefficient (Wildman–Crippen LogP) is 0.846. The van der Waals surface area contributed by atoms with Crippen LogP contribution in [-0.2, 0) is 4.79 Å². The van der Waals surface area contributed by atoms with E-state index >= 15 is 0 Å². The Labute approximate surface area is 71.6 Å². The molecule has 0 bridgehead atoms. The zero-order valence-electron chi connectivity index (χ0n) is 7.53. The van der Waals surface area contributed by atoms with Crippen LogP contribution in [0.3, 0.4) is 0 Å². The number of aryl methyl sites for hydroxylation is 1. The Balaban J connectivity index is 2.71. The van der Waals surface area contributed by atoms with Gasteiger partial charge in [-0.15, -0.1) is 0 Å². The van der Waals surface area contributed by atoms with Crippen LogP contribution in [0.15, 0.2) is 12.4 Å². The van der Waals surface area contributed by atoms with E-state index in [1.54, 1.807) is 6.20 Å². The molecular weight excluding hydrogens is 154 g/mol.